The average molecular weight is 903 g/mol. The molecule has 0 atom stereocenters. The number of thiophene rings is 2. The molecular weight excluding hydrogens is 859 g/mol. The number of aromatic nitrogens is 1. The smallest absolute Gasteiger partial charge is 0.164 e. The van der Waals surface area contributed by atoms with Gasteiger partial charge in [0.15, 0.2) is 5.78 Å². The molecular formula is C45H44IrNO3S2-. The third-order valence-electron chi connectivity index (χ3n) is 11.3. The van der Waals surface area contributed by atoms with Crippen molar-refractivity contribution < 1.29 is 34.4 Å². The maximum absolute atomic E-state index is 12.2. The van der Waals surface area contributed by atoms with Crippen molar-refractivity contribution in [1.82, 2.24) is 4.98 Å². The average Bonchev–Trinajstić information content (AvgIpc) is 3.83. The van der Waals surface area contributed by atoms with Crippen LogP contribution in [0.5, 0.6) is 0 Å². The fourth-order valence-electron chi connectivity index (χ4n) is 6.81. The van der Waals surface area contributed by atoms with Crippen molar-refractivity contribution in [3.8, 4) is 11.3 Å². The van der Waals surface area contributed by atoms with Crippen molar-refractivity contribution in [3.63, 3.8) is 0 Å². The van der Waals surface area contributed by atoms with E-state index >= 15 is 0 Å². The summed E-state index contributed by atoms with van der Waals surface area (Å²) in [6, 6.07) is 29.4. The van der Waals surface area contributed by atoms with Gasteiger partial charge in [0.25, 0.3) is 0 Å². The molecule has 0 aliphatic heterocycles. The largest absolute Gasteiger partial charge is 0.512 e. The van der Waals surface area contributed by atoms with E-state index in [4.69, 9.17) is 9.40 Å². The van der Waals surface area contributed by atoms with Crippen LogP contribution < -0.4 is 0 Å². The predicted octanol–water partition coefficient (Wildman–Crippen LogP) is 14.1. The van der Waals surface area contributed by atoms with E-state index in [-0.39, 0.29) is 42.5 Å². The Hall–Kier alpha value is -3.87. The fraction of sp³-hybridized carbons (Fsp3) is 0.289. The van der Waals surface area contributed by atoms with Crippen LogP contribution in [-0.4, -0.2) is 15.9 Å². The minimum Gasteiger partial charge on any atom is -0.512 e. The molecule has 0 fully saturated rings. The first-order chi connectivity index (χ1) is 24.5. The van der Waals surface area contributed by atoms with Crippen LogP contribution in [0, 0.1) is 23.8 Å². The van der Waals surface area contributed by atoms with Crippen molar-refractivity contribution in [2.45, 2.75) is 74.1 Å². The van der Waals surface area contributed by atoms with Crippen molar-refractivity contribution >= 4 is 90.7 Å². The van der Waals surface area contributed by atoms with E-state index in [1.165, 1.54) is 52.0 Å². The maximum atomic E-state index is 12.2. The number of hydrogen-bond acceptors (Lipinski definition) is 6. The molecule has 0 saturated carbocycles. The van der Waals surface area contributed by atoms with E-state index in [9.17, 15) is 9.90 Å². The van der Waals surface area contributed by atoms with Gasteiger partial charge in [0, 0.05) is 89.2 Å². The summed E-state index contributed by atoms with van der Waals surface area (Å²) >= 11 is 3.67. The molecule has 8 rings (SSSR count). The Labute approximate surface area is 326 Å². The molecule has 0 unspecified atom stereocenters. The number of rotatable bonds is 8. The Balaban J connectivity index is 0.000000223. The molecule has 4 aromatic heterocycles. The fourth-order valence-corrected chi connectivity index (χ4v) is 9.15. The number of fused-ring (bicyclic) bond motifs is 9. The monoisotopic (exact) mass is 903 g/mol. The van der Waals surface area contributed by atoms with Crippen LogP contribution in [0.1, 0.15) is 72.8 Å². The van der Waals surface area contributed by atoms with Gasteiger partial charge >= 0.3 is 0 Å². The summed E-state index contributed by atoms with van der Waals surface area (Å²) in [5.41, 5.74) is 4.21. The second-order valence-electron chi connectivity index (χ2n) is 14.2. The van der Waals surface area contributed by atoms with Crippen LogP contribution >= 0.6 is 22.7 Å². The quantitative estimate of drug-likeness (QED) is 0.0937. The van der Waals surface area contributed by atoms with Crippen molar-refractivity contribution in [2.75, 3.05) is 0 Å². The number of aliphatic hydroxyl groups excluding tert-OH is 1. The third kappa shape index (κ3) is 6.51. The van der Waals surface area contributed by atoms with E-state index in [1.54, 1.807) is 0 Å². The number of nitrogens with zero attached hydrogens (tertiary/aromatic N) is 1. The number of ketones is 1. The minimum absolute atomic E-state index is 0. The van der Waals surface area contributed by atoms with Crippen LogP contribution in [0.25, 0.3) is 73.5 Å². The number of aliphatic hydroxyl groups is 1. The van der Waals surface area contributed by atoms with Gasteiger partial charge in [-0.25, -0.2) is 0 Å². The summed E-state index contributed by atoms with van der Waals surface area (Å²) in [6.07, 6.45) is 6.67. The summed E-state index contributed by atoms with van der Waals surface area (Å²) in [5.74, 6) is 0.286. The maximum Gasteiger partial charge on any atom is 0.164 e. The summed E-state index contributed by atoms with van der Waals surface area (Å²) in [4.78, 5) is 17.0. The number of carbonyl (C=O) groups is 1. The summed E-state index contributed by atoms with van der Waals surface area (Å²) in [7, 11) is 0. The predicted molar refractivity (Wildman–Crippen MR) is 219 cm³/mol. The molecule has 0 bridgehead atoms. The van der Waals surface area contributed by atoms with Crippen LogP contribution in [0.3, 0.4) is 0 Å². The molecule has 1 N–H and O–H groups in total. The number of furan rings is 1. The number of benzene rings is 4. The van der Waals surface area contributed by atoms with Gasteiger partial charge < -0.3 is 14.5 Å². The molecule has 0 spiro atoms. The summed E-state index contributed by atoms with van der Waals surface area (Å²) < 4.78 is 11.5. The van der Waals surface area contributed by atoms with Gasteiger partial charge in [0.2, 0.25) is 0 Å². The van der Waals surface area contributed by atoms with E-state index in [1.807, 2.05) is 76.5 Å². The SMILES string of the molecule is CCC(C)(CC)C(=O)/C=C(\O)C(C)(CC)CC.Cc1ccc2c(c1)oc1c(-c3nccc4c3sc3cc5c(cc34)sc3ccccc35)[c-]ccc12.[Ir]. The molecule has 0 amide bonds. The molecule has 4 heterocycles. The number of carbonyl (C=O) groups excluding carboxylic acids is 1. The Kier molecular flexibility index (Phi) is 10.8. The molecule has 52 heavy (non-hydrogen) atoms. The Morgan fingerprint density at radius 2 is 1.46 bits per heavy atom. The first kappa shape index (κ1) is 37.9. The molecule has 269 valence electrons. The van der Waals surface area contributed by atoms with Crippen LogP contribution in [0.2, 0.25) is 0 Å². The Morgan fingerprint density at radius 1 is 0.788 bits per heavy atom. The molecule has 0 saturated heterocycles. The van der Waals surface area contributed by atoms with E-state index < -0.39 is 0 Å². The molecule has 1 radical (unpaired) electrons. The van der Waals surface area contributed by atoms with Gasteiger partial charge in [-0.1, -0.05) is 82.8 Å². The Morgan fingerprint density at radius 3 is 2.17 bits per heavy atom. The number of hydrogen-bond donors (Lipinski definition) is 1. The van der Waals surface area contributed by atoms with Crippen LogP contribution in [0.15, 0.2) is 95.2 Å². The van der Waals surface area contributed by atoms with Crippen molar-refractivity contribution in [2.24, 2.45) is 10.8 Å². The second-order valence-corrected chi connectivity index (χ2v) is 16.3. The number of pyridine rings is 1. The first-order valence-electron chi connectivity index (χ1n) is 18.0. The molecule has 4 aromatic carbocycles. The summed E-state index contributed by atoms with van der Waals surface area (Å²) in [6.45, 7) is 14.2. The van der Waals surface area contributed by atoms with Gasteiger partial charge in [0.05, 0.1) is 5.58 Å². The van der Waals surface area contributed by atoms with E-state index in [0.717, 1.165) is 58.9 Å². The Bertz CT molecular complexity index is 2620. The molecule has 7 heteroatoms. The third-order valence-corrected chi connectivity index (χ3v) is 13.6. The zero-order valence-electron chi connectivity index (χ0n) is 30.8. The van der Waals surface area contributed by atoms with Gasteiger partial charge in [-0.2, -0.15) is 0 Å². The van der Waals surface area contributed by atoms with Gasteiger partial charge in [0.1, 0.15) is 11.3 Å². The van der Waals surface area contributed by atoms with Crippen LogP contribution in [0.4, 0.5) is 0 Å². The number of aryl methyl sites for hydroxylation is 1. The normalized spacial score (nSPS) is 12.6. The minimum atomic E-state index is -0.337. The van der Waals surface area contributed by atoms with Crippen LogP contribution in [-0.2, 0) is 24.9 Å². The first-order valence-corrected chi connectivity index (χ1v) is 19.6. The summed E-state index contributed by atoms with van der Waals surface area (Å²) in [5, 5.41) is 17.6. The topological polar surface area (TPSA) is 63.3 Å². The van der Waals surface area contributed by atoms with Gasteiger partial charge in [-0.15, -0.1) is 40.9 Å². The van der Waals surface area contributed by atoms with E-state index in [2.05, 4.69) is 79.7 Å². The number of allylic oxidation sites excluding steroid dienone is 2. The van der Waals surface area contributed by atoms with E-state index in [0.29, 0.717) is 0 Å². The van der Waals surface area contributed by atoms with Gasteiger partial charge in [-0.05, 0) is 73.9 Å². The molecule has 4 nitrogen and oxygen atoms in total. The zero-order chi connectivity index (χ0) is 36.1. The van der Waals surface area contributed by atoms with Gasteiger partial charge in [-0.3, -0.25) is 4.79 Å². The van der Waals surface area contributed by atoms with Crippen molar-refractivity contribution in [3.05, 3.63) is 102 Å². The molecule has 8 aromatic rings. The standard InChI is InChI=1S/C30H16NOS2.C15H28O2.Ir/c1-16-9-10-17-19-6-4-7-21(29(19)32-24(17)13-16)28-30-20(11-12-31-28)23-15-26-22(14-27(23)34-30)18-5-2-3-8-25(18)33-26;1-7-14(5,8-2)12(16)11-13(17)15(6,9-3)10-4;/h2-6,8-15H,1H3;11,16H,7-10H2,1-6H3;/q-1;;/b;12-11-;. The molecule has 0 aliphatic rings. The van der Waals surface area contributed by atoms with Crippen molar-refractivity contribution in [1.29, 1.82) is 0 Å². The zero-order valence-corrected chi connectivity index (χ0v) is 34.8. The second kappa shape index (κ2) is 14.9. The molecule has 0 aliphatic carbocycles.